The number of hydrogen-bond donors (Lipinski definition) is 1. The SMILES string of the molecule is CC(C)Cc1c[nH]c2ccccc12.CC(C)Cc1ccc(-c2ccccc2)cc1.CC(C)Cc1ccc(C(=O)c2ccccc2)cc1.CC(C)Cc1ccc(C(C)(C)C)cc1.CC(C)Cc1csc2ccccc12. The zero-order valence-electron chi connectivity index (χ0n) is 47.2. The molecule has 9 aromatic rings. The summed E-state index contributed by atoms with van der Waals surface area (Å²) in [6.45, 7) is 29.2. The Labute approximate surface area is 451 Å². The lowest BCUT2D eigenvalue weighted by Crippen LogP contribution is -2.10. The van der Waals surface area contributed by atoms with E-state index in [1.807, 2.05) is 53.8 Å². The molecule has 0 bridgehead atoms. The summed E-state index contributed by atoms with van der Waals surface area (Å²) in [7, 11) is 0. The van der Waals surface area contributed by atoms with Crippen LogP contribution in [0.3, 0.4) is 0 Å². The molecule has 2 aromatic heterocycles. The molecule has 7 aromatic carbocycles. The van der Waals surface area contributed by atoms with Gasteiger partial charge in [0.2, 0.25) is 0 Å². The van der Waals surface area contributed by atoms with E-state index in [2.05, 4.69) is 246 Å². The maximum Gasteiger partial charge on any atom is 0.193 e. The number of carbonyl (C=O) groups is 1. The molecule has 0 saturated heterocycles. The molecule has 2 heterocycles. The molecule has 0 saturated carbocycles. The molecule has 9 rings (SSSR count). The minimum atomic E-state index is 0.0895. The predicted octanol–water partition coefficient (Wildman–Crippen LogP) is 20.3. The number of thiophene rings is 1. The van der Waals surface area contributed by atoms with E-state index in [1.165, 1.54) is 78.3 Å². The van der Waals surface area contributed by atoms with Crippen molar-refractivity contribution < 1.29 is 4.79 Å². The molecule has 0 unspecified atom stereocenters. The first-order valence-electron chi connectivity index (χ1n) is 27.3. The summed E-state index contributed by atoms with van der Waals surface area (Å²) in [5.74, 6) is 3.67. The molecule has 74 heavy (non-hydrogen) atoms. The minimum Gasteiger partial charge on any atom is -0.361 e. The highest BCUT2D eigenvalue weighted by molar-refractivity contribution is 7.17. The van der Waals surface area contributed by atoms with Crippen LogP contribution in [0.4, 0.5) is 0 Å². The Hall–Kier alpha value is -6.29. The highest BCUT2D eigenvalue weighted by Crippen LogP contribution is 2.28. The van der Waals surface area contributed by atoms with E-state index >= 15 is 0 Å². The highest BCUT2D eigenvalue weighted by Gasteiger charge is 2.13. The van der Waals surface area contributed by atoms with Crippen molar-refractivity contribution in [3.8, 4) is 11.1 Å². The van der Waals surface area contributed by atoms with Gasteiger partial charge in [0.1, 0.15) is 0 Å². The number of para-hydroxylation sites is 1. The number of rotatable bonds is 13. The van der Waals surface area contributed by atoms with Crippen LogP contribution in [0.5, 0.6) is 0 Å². The van der Waals surface area contributed by atoms with Crippen LogP contribution in [-0.2, 0) is 37.5 Å². The molecule has 0 fully saturated rings. The van der Waals surface area contributed by atoms with Gasteiger partial charge in [0.15, 0.2) is 5.78 Å². The van der Waals surface area contributed by atoms with Crippen molar-refractivity contribution in [1.82, 2.24) is 4.98 Å². The molecule has 0 radical (unpaired) electrons. The van der Waals surface area contributed by atoms with Gasteiger partial charge in [-0.2, -0.15) is 0 Å². The summed E-state index contributed by atoms with van der Waals surface area (Å²) < 4.78 is 1.41. The van der Waals surface area contributed by atoms with Gasteiger partial charge in [0.25, 0.3) is 0 Å². The predicted molar refractivity (Wildman–Crippen MR) is 326 cm³/mol. The Morgan fingerprint density at radius 1 is 0.419 bits per heavy atom. The Kier molecular flexibility index (Phi) is 23.4. The zero-order valence-corrected chi connectivity index (χ0v) is 48.0. The Bertz CT molecular complexity index is 2880. The van der Waals surface area contributed by atoms with Crippen LogP contribution >= 0.6 is 11.3 Å². The minimum absolute atomic E-state index is 0.0895. The normalized spacial score (nSPS) is 11.2. The highest BCUT2D eigenvalue weighted by atomic mass is 32.1. The fourth-order valence-corrected chi connectivity index (χ4v) is 9.91. The van der Waals surface area contributed by atoms with E-state index < -0.39 is 0 Å². The number of aromatic nitrogens is 1. The van der Waals surface area contributed by atoms with Crippen LogP contribution < -0.4 is 0 Å². The fraction of sp³-hybridized carbons (Fsp3) is 0.338. The van der Waals surface area contributed by atoms with E-state index in [9.17, 15) is 4.79 Å². The third kappa shape index (κ3) is 19.9. The summed E-state index contributed by atoms with van der Waals surface area (Å²) in [5, 5.41) is 5.11. The molecule has 0 aliphatic rings. The maximum absolute atomic E-state index is 12.2. The van der Waals surface area contributed by atoms with Crippen molar-refractivity contribution in [1.29, 1.82) is 0 Å². The van der Waals surface area contributed by atoms with Crippen LogP contribution in [0, 0.1) is 29.6 Å². The van der Waals surface area contributed by atoms with Gasteiger partial charge in [0, 0.05) is 32.9 Å². The summed E-state index contributed by atoms with van der Waals surface area (Å²) in [6, 6.07) is 63.0. The Morgan fingerprint density at radius 2 is 0.824 bits per heavy atom. The van der Waals surface area contributed by atoms with Gasteiger partial charge < -0.3 is 4.98 Å². The third-order valence-corrected chi connectivity index (χ3v) is 13.6. The molecule has 0 aliphatic carbocycles. The first kappa shape index (κ1) is 58.6. The van der Waals surface area contributed by atoms with Crippen molar-refractivity contribution in [2.24, 2.45) is 29.6 Å². The summed E-state index contributed by atoms with van der Waals surface area (Å²) in [5.41, 5.74) is 14.1. The molecule has 0 atom stereocenters. The number of ketones is 1. The van der Waals surface area contributed by atoms with Gasteiger partial charge in [-0.25, -0.2) is 0 Å². The zero-order chi connectivity index (χ0) is 53.6. The van der Waals surface area contributed by atoms with Gasteiger partial charge >= 0.3 is 0 Å². The number of carbonyl (C=O) groups excluding carboxylic acids is 1. The number of hydrogen-bond acceptors (Lipinski definition) is 2. The smallest absolute Gasteiger partial charge is 0.193 e. The van der Waals surface area contributed by atoms with Gasteiger partial charge in [0.05, 0.1) is 0 Å². The number of nitrogens with one attached hydrogen (secondary N) is 1. The standard InChI is InChI=1S/C17H18O.C16H18.C14H22.C12H15N.C12H14S/c1-13(2)12-14-8-10-16(11-9-14)17(18)15-6-4-3-5-7-15;1-13(2)12-14-8-10-16(11-9-14)15-6-4-3-5-7-15;1-11(2)10-12-6-8-13(9-7-12)14(3,4)5;2*1-9(2)7-10-8-13-12-6-4-3-5-11(10)12/h3-11,13H,12H2,1-2H3;3-11,13H,12H2,1-2H3;6-9,11H,10H2,1-5H3;3-6,8-9,13H,7H2,1-2H3;3-6,8-9H,7H2,1-2H3. The molecule has 3 heteroatoms. The lowest BCUT2D eigenvalue weighted by molar-refractivity contribution is 0.103. The van der Waals surface area contributed by atoms with Crippen molar-refractivity contribution in [3.05, 3.63) is 238 Å². The lowest BCUT2D eigenvalue weighted by Gasteiger charge is -2.19. The van der Waals surface area contributed by atoms with Gasteiger partial charge in [-0.3, -0.25) is 4.79 Å². The number of H-pyrrole nitrogens is 1. The van der Waals surface area contributed by atoms with E-state index in [-0.39, 0.29) is 11.2 Å². The number of benzene rings is 7. The van der Waals surface area contributed by atoms with E-state index in [0.29, 0.717) is 5.92 Å². The molecule has 388 valence electrons. The quantitative estimate of drug-likeness (QED) is 0.115. The van der Waals surface area contributed by atoms with Crippen molar-refractivity contribution in [3.63, 3.8) is 0 Å². The average Bonchev–Trinajstić information content (AvgIpc) is 3.98. The van der Waals surface area contributed by atoms with Crippen LogP contribution in [0.25, 0.3) is 32.1 Å². The van der Waals surface area contributed by atoms with Crippen molar-refractivity contribution in [2.45, 2.75) is 128 Å². The summed E-state index contributed by atoms with van der Waals surface area (Å²) in [6.07, 6.45) is 7.89. The molecule has 0 aliphatic heterocycles. The largest absolute Gasteiger partial charge is 0.361 e. The van der Waals surface area contributed by atoms with E-state index in [1.54, 1.807) is 0 Å². The number of fused-ring (bicyclic) bond motifs is 2. The van der Waals surface area contributed by atoms with Crippen LogP contribution in [0.2, 0.25) is 0 Å². The van der Waals surface area contributed by atoms with Crippen LogP contribution in [0.15, 0.2) is 194 Å². The second-order valence-corrected chi connectivity index (χ2v) is 23.9. The summed E-state index contributed by atoms with van der Waals surface area (Å²) >= 11 is 1.86. The Balaban J connectivity index is 0.000000172. The van der Waals surface area contributed by atoms with Crippen molar-refractivity contribution >= 4 is 38.1 Å². The van der Waals surface area contributed by atoms with E-state index in [4.69, 9.17) is 0 Å². The average molecular weight is 1000 g/mol. The van der Waals surface area contributed by atoms with E-state index in [0.717, 1.165) is 54.1 Å². The summed E-state index contributed by atoms with van der Waals surface area (Å²) in [4.78, 5) is 15.5. The topological polar surface area (TPSA) is 32.9 Å². The Morgan fingerprint density at radius 3 is 1.34 bits per heavy atom. The molecular weight excluding hydrogens is 915 g/mol. The van der Waals surface area contributed by atoms with Crippen molar-refractivity contribution in [2.75, 3.05) is 0 Å². The van der Waals surface area contributed by atoms with Gasteiger partial charge in [-0.1, -0.05) is 260 Å². The lowest BCUT2D eigenvalue weighted by atomic mass is 9.86. The van der Waals surface area contributed by atoms with Gasteiger partial charge in [-0.05, 0) is 135 Å². The van der Waals surface area contributed by atoms with Crippen LogP contribution in [-0.4, -0.2) is 10.8 Å². The second kappa shape index (κ2) is 29.6. The maximum atomic E-state index is 12.2. The molecule has 0 spiro atoms. The molecule has 0 amide bonds. The molecule has 2 nitrogen and oxygen atoms in total. The molecule has 1 N–H and O–H groups in total. The first-order valence-corrected chi connectivity index (χ1v) is 28.2. The second-order valence-electron chi connectivity index (χ2n) is 23.0. The fourth-order valence-electron chi connectivity index (χ4n) is 8.94. The van der Waals surface area contributed by atoms with Gasteiger partial charge in [-0.15, -0.1) is 11.3 Å². The molecular formula is C71H87NOS. The monoisotopic (exact) mass is 1000 g/mol. The van der Waals surface area contributed by atoms with Crippen LogP contribution in [0.1, 0.15) is 139 Å². The third-order valence-electron chi connectivity index (χ3n) is 12.6. The number of aromatic amines is 1. The first-order chi connectivity index (χ1) is 35.4.